The first-order valence-electron chi connectivity index (χ1n) is 5.88. The Labute approximate surface area is 120 Å². The van der Waals surface area contributed by atoms with Gasteiger partial charge in [0.25, 0.3) is 5.56 Å². The number of halogens is 1. The fraction of sp³-hybridized carbons (Fsp3) is 0.143. The molecule has 5 nitrogen and oxygen atoms in total. The average Bonchev–Trinajstić information content (AvgIpc) is 2.36. The number of aromatic amines is 1. The Morgan fingerprint density at radius 3 is 2.43 bits per heavy atom. The molecule has 0 saturated carbocycles. The van der Waals surface area contributed by atoms with Crippen molar-refractivity contribution in [3.05, 3.63) is 51.7 Å². The lowest BCUT2D eigenvalue weighted by Gasteiger charge is -2.08. The Morgan fingerprint density at radius 2 is 1.90 bits per heavy atom. The maximum Gasteiger partial charge on any atom is 0.266 e. The number of H-pyrrole nitrogens is 1. The predicted octanol–water partition coefficient (Wildman–Crippen LogP) is 1.76. The summed E-state index contributed by atoms with van der Waals surface area (Å²) in [6.45, 7) is 1.61. The van der Waals surface area contributed by atoms with E-state index in [1.165, 1.54) is 18.2 Å². The summed E-state index contributed by atoms with van der Waals surface area (Å²) in [6.07, 6.45) is 0.972. The van der Waals surface area contributed by atoms with Gasteiger partial charge in [-0.2, -0.15) is 5.26 Å². The van der Waals surface area contributed by atoms with E-state index in [0.29, 0.717) is 5.69 Å². The van der Waals surface area contributed by atoms with Crippen molar-refractivity contribution in [1.82, 2.24) is 4.98 Å². The molecule has 1 aromatic carbocycles. The summed E-state index contributed by atoms with van der Waals surface area (Å²) < 4.78 is 36.9. The first-order chi connectivity index (χ1) is 9.74. The molecule has 1 aromatic heterocycles. The molecule has 1 N–H and O–H groups in total. The van der Waals surface area contributed by atoms with Gasteiger partial charge in [-0.25, -0.2) is 12.8 Å². The van der Waals surface area contributed by atoms with E-state index in [4.69, 9.17) is 5.26 Å². The summed E-state index contributed by atoms with van der Waals surface area (Å²) in [5.74, 6) is -0.806. The van der Waals surface area contributed by atoms with Crippen LogP contribution in [0.25, 0.3) is 11.1 Å². The van der Waals surface area contributed by atoms with Crippen LogP contribution in [0.4, 0.5) is 4.39 Å². The normalized spacial score (nSPS) is 11.1. The van der Waals surface area contributed by atoms with Crippen LogP contribution in [0, 0.1) is 24.1 Å². The Balaban J connectivity index is 2.75. The Morgan fingerprint density at radius 1 is 1.24 bits per heavy atom. The summed E-state index contributed by atoms with van der Waals surface area (Å²) in [6, 6.07) is 6.57. The number of aromatic nitrogens is 1. The van der Waals surface area contributed by atoms with Crippen molar-refractivity contribution in [2.45, 2.75) is 11.8 Å². The third kappa shape index (κ3) is 2.85. The Hall–Kier alpha value is -2.46. The van der Waals surface area contributed by atoms with Crippen LogP contribution < -0.4 is 5.56 Å². The Kier molecular flexibility index (Phi) is 3.66. The zero-order chi connectivity index (χ0) is 15.8. The quantitative estimate of drug-likeness (QED) is 0.915. The third-order valence-electron chi connectivity index (χ3n) is 2.94. The number of aryl methyl sites for hydroxylation is 1. The first kappa shape index (κ1) is 14.9. The fourth-order valence-corrected chi connectivity index (χ4v) is 2.59. The maximum atomic E-state index is 14.2. The van der Waals surface area contributed by atoms with Gasteiger partial charge in [-0.15, -0.1) is 0 Å². The molecule has 0 radical (unpaired) electrons. The maximum absolute atomic E-state index is 14.2. The summed E-state index contributed by atoms with van der Waals surface area (Å²) in [4.78, 5) is 14.0. The molecule has 0 unspecified atom stereocenters. The van der Waals surface area contributed by atoms with Crippen molar-refractivity contribution < 1.29 is 12.8 Å². The van der Waals surface area contributed by atoms with E-state index < -0.39 is 21.2 Å². The van der Waals surface area contributed by atoms with Crippen molar-refractivity contribution in [1.29, 1.82) is 5.26 Å². The van der Waals surface area contributed by atoms with Gasteiger partial charge in [-0.3, -0.25) is 4.79 Å². The van der Waals surface area contributed by atoms with Gasteiger partial charge in [0, 0.05) is 23.1 Å². The number of nitrogens with zero attached hydrogens (tertiary/aromatic N) is 1. The number of benzene rings is 1. The number of sulfone groups is 1. The van der Waals surface area contributed by atoms with Crippen molar-refractivity contribution in [3.63, 3.8) is 0 Å². The smallest absolute Gasteiger partial charge is 0.266 e. The molecule has 0 aliphatic rings. The summed E-state index contributed by atoms with van der Waals surface area (Å²) in [7, 11) is -3.53. The first-order valence-corrected chi connectivity index (χ1v) is 7.77. The topological polar surface area (TPSA) is 90.8 Å². The highest BCUT2D eigenvalue weighted by Gasteiger charge is 2.16. The minimum absolute atomic E-state index is 0.00755. The lowest BCUT2D eigenvalue weighted by Crippen LogP contribution is -2.13. The second-order valence-electron chi connectivity index (χ2n) is 4.60. The predicted molar refractivity (Wildman–Crippen MR) is 75.0 cm³/mol. The number of rotatable bonds is 2. The SMILES string of the molecule is Cc1cc(-c2ccc(S(C)(=O)=O)cc2F)c(C#N)c(=O)[nH]1. The highest BCUT2D eigenvalue weighted by atomic mass is 32.2. The van der Waals surface area contributed by atoms with Crippen molar-refractivity contribution >= 4 is 9.84 Å². The van der Waals surface area contributed by atoms with Crippen LogP contribution >= 0.6 is 0 Å². The number of pyridine rings is 1. The van der Waals surface area contributed by atoms with Gasteiger partial charge in [-0.05, 0) is 25.1 Å². The van der Waals surface area contributed by atoms with E-state index in [0.717, 1.165) is 12.3 Å². The van der Waals surface area contributed by atoms with E-state index in [2.05, 4.69) is 4.98 Å². The molecule has 0 bridgehead atoms. The largest absolute Gasteiger partial charge is 0.325 e. The zero-order valence-electron chi connectivity index (χ0n) is 11.3. The molecule has 2 rings (SSSR count). The van der Waals surface area contributed by atoms with Crippen molar-refractivity contribution in [2.24, 2.45) is 0 Å². The van der Waals surface area contributed by atoms with Gasteiger partial charge in [-0.1, -0.05) is 6.07 Å². The molecule has 7 heteroatoms. The molecule has 108 valence electrons. The van der Waals surface area contributed by atoms with Gasteiger partial charge >= 0.3 is 0 Å². The summed E-state index contributed by atoms with van der Waals surface area (Å²) in [5, 5.41) is 9.04. The van der Waals surface area contributed by atoms with Gasteiger partial charge in [0.05, 0.1) is 4.90 Å². The highest BCUT2D eigenvalue weighted by molar-refractivity contribution is 7.90. The van der Waals surface area contributed by atoms with E-state index >= 15 is 0 Å². The van der Waals surface area contributed by atoms with Crippen LogP contribution in [0.5, 0.6) is 0 Å². The van der Waals surface area contributed by atoms with Gasteiger partial charge in [0.2, 0.25) is 0 Å². The standard InChI is InChI=1S/C14H11FN2O3S/c1-8-5-11(12(7-16)14(18)17-8)10-4-3-9(6-13(10)15)21(2,19)20/h3-6H,1-2H3,(H,17,18). The fourth-order valence-electron chi connectivity index (χ4n) is 1.96. The number of nitriles is 1. The monoisotopic (exact) mass is 306 g/mol. The van der Waals surface area contributed by atoms with Crippen LogP contribution in [0.3, 0.4) is 0 Å². The molecule has 0 amide bonds. The molecular formula is C14H11FN2O3S. The minimum Gasteiger partial charge on any atom is -0.325 e. The molecule has 0 aliphatic heterocycles. The minimum atomic E-state index is -3.53. The second kappa shape index (κ2) is 5.14. The second-order valence-corrected chi connectivity index (χ2v) is 6.61. The molecule has 0 fully saturated rings. The van der Waals surface area contributed by atoms with Gasteiger partial charge in [0.15, 0.2) is 9.84 Å². The third-order valence-corrected chi connectivity index (χ3v) is 4.05. The average molecular weight is 306 g/mol. The molecule has 0 atom stereocenters. The molecular weight excluding hydrogens is 295 g/mol. The molecule has 0 aliphatic carbocycles. The van der Waals surface area contributed by atoms with Crippen LogP contribution in [-0.4, -0.2) is 19.7 Å². The van der Waals surface area contributed by atoms with Crippen LogP contribution in [-0.2, 0) is 9.84 Å². The number of nitrogens with one attached hydrogen (secondary N) is 1. The van der Waals surface area contributed by atoms with Crippen LogP contribution in [0.2, 0.25) is 0 Å². The molecule has 1 heterocycles. The van der Waals surface area contributed by atoms with Crippen molar-refractivity contribution in [3.8, 4) is 17.2 Å². The van der Waals surface area contributed by atoms with Gasteiger partial charge < -0.3 is 4.98 Å². The molecule has 0 saturated heterocycles. The summed E-state index contributed by atoms with van der Waals surface area (Å²) >= 11 is 0. The van der Waals surface area contributed by atoms with Gasteiger partial charge in [0.1, 0.15) is 17.4 Å². The van der Waals surface area contributed by atoms with E-state index in [9.17, 15) is 17.6 Å². The zero-order valence-corrected chi connectivity index (χ0v) is 12.1. The van der Waals surface area contributed by atoms with E-state index in [1.54, 1.807) is 13.0 Å². The van der Waals surface area contributed by atoms with Crippen molar-refractivity contribution in [2.75, 3.05) is 6.26 Å². The molecule has 2 aromatic rings. The highest BCUT2D eigenvalue weighted by Crippen LogP contribution is 2.26. The number of hydrogen-bond acceptors (Lipinski definition) is 4. The van der Waals surface area contributed by atoms with E-state index in [1.807, 2.05) is 0 Å². The molecule has 0 spiro atoms. The van der Waals surface area contributed by atoms with Crippen LogP contribution in [0.1, 0.15) is 11.3 Å². The number of hydrogen-bond donors (Lipinski definition) is 1. The Bertz CT molecular complexity index is 924. The lowest BCUT2D eigenvalue weighted by atomic mass is 10.0. The van der Waals surface area contributed by atoms with Crippen LogP contribution in [0.15, 0.2) is 34.0 Å². The lowest BCUT2D eigenvalue weighted by molar-refractivity contribution is 0.596. The van der Waals surface area contributed by atoms with E-state index in [-0.39, 0.29) is 21.6 Å². The molecule has 21 heavy (non-hydrogen) atoms. The summed E-state index contributed by atoms with van der Waals surface area (Å²) in [5.41, 5.74) is -0.212.